The van der Waals surface area contributed by atoms with Crippen LogP contribution < -0.4 is 20.7 Å². The summed E-state index contributed by atoms with van der Waals surface area (Å²) in [5, 5.41) is 27.0. The Balaban J connectivity index is 1.64. The van der Waals surface area contributed by atoms with Gasteiger partial charge < -0.3 is 28.5 Å². The van der Waals surface area contributed by atoms with E-state index in [4.69, 9.17) is 18.3 Å². The summed E-state index contributed by atoms with van der Waals surface area (Å²) in [5.41, 5.74) is 0. The van der Waals surface area contributed by atoms with Crippen LogP contribution in [0.15, 0.2) is 121 Å². The van der Waals surface area contributed by atoms with E-state index in [1.807, 2.05) is 48.5 Å². The second kappa shape index (κ2) is 14.3. The Morgan fingerprint density at radius 2 is 0.936 bits per heavy atom. The molecule has 1 aliphatic heterocycles. The molecule has 1 heterocycles. The van der Waals surface area contributed by atoms with Crippen molar-refractivity contribution in [3.63, 3.8) is 0 Å². The van der Waals surface area contributed by atoms with Gasteiger partial charge in [-0.2, -0.15) is 0 Å². The number of benzene rings is 4. The molecule has 4 aromatic rings. The molecular formula is C39H50O6Si2. The van der Waals surface area contributed by atoms with Crippen molar-refractivity contribution in [1.82, 2.24) is 0 Å². The van der Waals surface area contributed by atoms with E-state index in [9.17, 15) is 10.2 Å². The maximum absolute atomic E-state index is 11.9. The zero-order valence-corrected chi connectivity index (χ0v) is 30.7. The first-order valence-corrected chi connectivity index (χ1v) is 20.3. The fourth-order valence-electron chi connectivity index (χ4n) is 7.24. The van der Waals surface area contributed by atoms with Gasteiger partial charge >= 0.3 is 0 Å². The lowest BCUT2D eigenvalue weighted by atomic mass is 9.99. The topological polar surface area (TPSA) is 77.4 Å². The maximum Gasteiger partial charge on any atom is 0.261 e. The zero-order chi connectivity index (χ0) is 33.9. The summed E-state index contributed by atoms with van der Waals surface area (Å²) in [6.07, 6.45) is -5.31. The summed E-state index contributed by atoms with van der Waals surface area (Å²) in [6.45, 7) is 13.4. The number of ether oxygens (including phenoxy) is 2. The summed E-state index contributed by atoms with van der Waals surface area (Å²) < 4.78 is 26.8. The van der Waals surface area contributed by atoms with Crippen LogP contribution in [0.25, 0.3) is 0 Å². The lowest BCUT2D eigenvalue weighted by Gasteiger charge is -2.51. The van der Waals surface area contributed by atoms with Crippen LogP contribution in [0.2, 0.25) is 10.1 Å². The Morgan fingerprint density at radius 3 is 1.28 bits per heavy atom. The van der Waals surface area contributed by atoms with Crippen molar-refractivity contribution >= 4 is 37.4 Å². The molecule has 5 rings (SSSR count). The van der Waals surface area contributed by atoms with Gasteiger partial charge in [0.1, 0.15) is 24.4 Å². The molecule has 0 unspecified atom stereocenters. The van der Waals surface area contributed by atoms with Gasteiger partial charge in [-0.1, -0.05) is 163 Å². The quantitative estimate of drug-likeness (QED) is 0.240. The smallest absolute Gasteiger partial charge is 0.261 e. The van der Waals surface area contributed by atoms with Crippen LogP contribution in [0.1, 0.15) is 41.5 Å². The van der Waals surface area contributed by atoms with Crippen molar-refractivity contribution in [3.8, 4) is 0 Å². The SMILES string of the molecule is CO[C@H]1O[C@H](CO[Si](c2ccccc2)(c2ccccc2)C(C)(C)C)[C@@H](O[Si](c2ccccc2)(c2ccccc2)C(C)(C)C)[C@H](O)[C@H]1O. The molecule has 0 radical (unpaired) electrons. The van der Waals surface area contributed by atoms with E-state index in [1.54, 1.807) is 0 Å². The molecule has 0 saturated carbocycles. The molecule has 0 amide bonds. The zero-order valence-electron chi connectivity index (χ0n) is 28.7. The first kappa shape index (κ1) is 35.4. The number of hydrogen-bond acceptors (Lipinski definition) is 6. The van der Waals surface area contributed by atoms with Gasteiger partial charge in [-0.15, -0.1) is 0 Å². The monoisotopic (exact) mass is 670 g/mol. The number of hydrogen-bond donors (Lipinski definition) is 2. The molecule has 0 spiro atoms. The van der Waals surface area contributed by atoms with Gasteiger partial charge in [-0.3, -0.25) is 0 Å². The average molecular weight is 671 g/mol. The van der Waals surface area contributed by atoms with E-state index in [2.05, 4.69) is 114 Å². The number of rotatable bonds is 10. The van der Waals surface area contributed by atoms with E-state index in [1.165, 1.54) is 7.11 Å². The Bertz CT molecular complexity index is 1460. The van der Waals surface area contributed by atoms with E-state index in [-0.39, 0.29) is 16.7 Å². The molecule has 4 aromatic carbocycles. The third kappa shape index (κ3) is 6.71. The minimum atomic E-state index is -3.16. The van der Waals surface area contributed by atoms with Gasteiger partial charge in [0.15, 0.2) is 6.29 Å². The van der Waals surface area contributed by atoms with E-state index in [0.29, 0.717) is 0 Å². The number of methoxy groups -OCH3 is 1. The molecule has 5 atom stereocenters. The summed E-state index contributed by atoms with van der Waals surface area (Å²) in [6, 6.07) is 41.5. The second-order valence-electron chi connectivity index (χ2n) is 14.5. The van der Waals surface area contributed by atoms with Gasteiger partial charge in [0.25, 0.3) is 16.6 Å². The van der Waals surface area contributed by atoms with Crippen LogP contribution in [-0.2, 0) is 18.3 Å². The fourth-order valence-corrected chi connectivity index (χ4v) is 16.5. The minimum absolute atomic E-state index is 0.125. The lowest BCUT2D eigenvalue weighted by molar-refractivity contribution is -0.290. The van der Waals surface area contributed by atoms with E-state index in [0.717, 1.165) is 20.7 Å². The summed E-state index contributed by atoms with van der Waals surface area (Å²) >= 11 is 0. The molecule has 47 heavy (non-hydrogen) atoms. The molecule has 0 aromatic heterocycles. The average Bonchev–Trinajstić information content (AvgIpc) is 3.07. The first-order chi connectivity index (χ1) is 22.4. The fraction of sp³-hybridized carbons (Fsp3) is 0.385. The molecule has 250 valence electrons. The van der Waals surface area contributed by atoms with Crippen molar-refractivity contribution in [2.75, 3.05) is 13.7 Å². The van der Waals surface area contributed by atoms with Gasteiger partial charge in [-0.05, 0) is 30.8 Å². The molecule has 2 N–H and O–H groups in total. The highest BCUT2D eigenvalue weighted by Gasteiger charge is 2.57. The molecule has 0 bridgehead atoms. The van der Waals surface area contributed by atoms with Crippen molar-refractivity contribution in [1.29, 1.82) is 0 Å². The predicted molar refractivity (Wildman–Crippen MR) is 194 cm³/mol. The molecule has 8 heteroatoms. The van der Waals surface area contributed by atoms with Crippen LogP contribution in [0.4, 0.5) is 0 Å². The van der Waals surface area contributed by atoms with Crippen LogP contribution in [0, 0.1) is 0 Å². The summed E-state index contributed by atoms with van der Waals surface area (Å²) in [7, 11) is -4.65. The van der Waals surface area contributed by atoms with Crippen molar-refractivity contribution in [2.45, 2.75) is 82.3 Å². The largest absolute Gasteiger partial charge is 0.405 e. The van der Waals surface area contributed by atoms with Crippen LogP contribution in [0.3, 0.4) is 0 Å². The van der Waals surface area contributed by atoms with Crippen molar-refractivity contribution in [2.24, 2.45) is 0 Å². The summed E-state index contributed by atoms with van der Waals surface area (Å²) in [5.74, 6) is 0. The molecular weight excluding hydrogens is 621 g/mol. The Labute approximate surface area is 282 Å². The van der Waals surface area contributed by atoms with Gasteiger partial charge in [-0.25, -0.2) is 0 Å². The number of aliphatic hydroxyl groups is 2. The Kier molecular flexibility index (Phi) is 10.7. The predicted octanol–water partition coefficient (Wildman–Crippen LogP) is 4.60. The van der Waals surface area contributed by atoms with Crippen LogP contribution in [-0.4, -0.2) is 71.3 Å². The van der Waals surface area contributed by atoms with Crippen molar-refractivity contribution < 1.29 is 28.5 Å². The first-order valence-electron chi connectivity index (χ1n) is 16.4. The summed E-state index contributed by atoms with van der Waals surface area (Å²) in [4.78, 5) is 0. The highest BCUT2D eigenvalue weighted by Crippen LogP contribution is 2.41. The standard InChI is InChI=1S/C39H50O6Si2/c1-38(2,3)46(29-20-12-8-13-21-29,30-22-14-9-15-23-30)43-28-33-36(34(40)35(41)37(42-7)44-33)45-47(39(4,5)6,31-24-16-10-17-25-31)32-26-18-11-19-27-32/h8-27,33-37,40-41H,28H2,1-7H3/t33-,34-,35-,36-,37+/m1/s1. The second-order valence-corrected chi connectivity index (χ2v) is 23.0. The third-order valence-electron chi connectivity index (χ3n) is 9.48. The highest BCUT2D eigenvalue weighted by atomic mass is 28.4. The normalized spacial score (nSPS) is 22.6. The molecule has 0 aliphatic carbocycles. The molecule has 6 nitrogen and oxygen atoms in total. The van der Waals surface area contributed by atoms with E-state index < -0.39 is 47.3 Å². The van der Waals surface area contributed by atoms with E-state index >= 15 is 0 Å². The van der Waals surface area contributed by atoms with Gasteiger partial charge in [0.05, 0.1) is 6.61 Å². The number of aliphatic hydroxyl groups excluding tert-OH is 2. The lowest BCUT2D eigenvalue weighted by Crippen LogP contribution is -2.72. The van der Waals surface area contributed by atoms with Crippen molar-refractivity contribution in [3.05, 3.63) is 121 Å². The third-order valence-corrected chi connectivity index (χ3v) is 19.5. The maximum atomic E-state index is 11.9. The van der Waals surface area contributed by atoms with Crippen LogP contribution >= 0.6 is 0 Å². The highest BCUT2D eigenvalue weighted by molar-refractivity contribution is 7.00. The molecule has 1 fully saturated rings. The Hall–Kier alpha value is -2.93. The minimum Gasteiger partial charge on any atom is -0.405 e. The Morgan fingerprint density at radius 1 is 0.574 bits per heavy atom. The molecule has 1 saturated heterocycles. The van der Waals surface area contributed by atoms with Gasteiger partial charge in [0.2, 0.25) is 0 Å². The van der Waals surface area contributed by atoms with Crippen LogP contribution in [0.5, 0.6) is 0 Å². The van der Waals surface area contributed by atoms with Gasteiger partial charge in [0, 0.05) is 7.11 Å². The molecule has 1 aliphatic rings.